The van der Waals surface area contributed by atoms with Crippen LogP contribution in [0.5, 0.6) is 17.5 Å². The molecule has 2 aromatic carbocycles. The van der Waals surface area contributed by atoms with Crippen LogP contribution >= 0.6 is 34.8 Å². The number of carbonyl (C=O) groups is 3. The van der Waals surface area contributed by atoms with Crippen molar-refractivity contribution in [2.75, 3.05) is 37.1 Å². The molecule has 0 bridgehead atoms. The van der Waals surface area contributed by atoms with E-state index in [1.165, 1.54) is 32.4 Å². The molecule has 2 aliphatic rings. The number of amides is 2. The zero-order valence-electron chi connectivity index (χ0n) is 30.1. The Morgan fingerprint density at radius 3 is 2.29 bits per heavy atom. The van der Waals surface area contributed by atoms with Crippen molar-refractivity contribution in [1.82, 2.24) is 19.6 Å². The number of nitrogens with one attached hydrogen (secondary N) is 1. The molecule has 55 heavy (non-hydrogen) atoms. The van der Waals surface area contributed by atoms with Gasteiger partial charge in [0.1, 0.15) is 11.6 Å². The summed E-state index contributed by atoms with van der Waals surface area (Å²) >= 11 is 18.2. The maximum atomic E-state index is 14.5. The third-order valence-electron chi connectivity index (χ3n) is 8.40. The molecule has 0 fully saturated rings. The van der Waals surface area contributed by atoms with Crippen LogP contribution in [-0.4, -0.2) is 73.2 Å². The molecule has 6 rings (SSSR count). The Hall–Kier alpha value is -4.71. The minimum absolute atomic E-state index is 0.000883. The zero-order chi connectivity index (χ0) is 40.0. The number of ether oxygens (including phenoxy) is 4. The molecule has 1 N–H and O–H groups in total. The molecule has 2 aromatic heterocycles. The molecule has 1 aliphatic heterocycles. The van der Waals surface area contributed by atoms with Crippen LogP contribution in [0.2, 0.25) is 15.1 Å². The fraction of sp³-hybridized carbons (Fsp3) is 0.371. The van der Waals surface area contributed by atoms with Gasteiger partial charge in [0.15, 0.2) is 6.61 Å². The summed E-state index contributed by atoms with van der Waals surface area (Å²) in [5.41, 5.74) is 1.38. The number of esters is 1. The number of fused-ring (bicyclic) bond motifs is 1. The molecule has 0 spiro atoms. The molecule has 15 nitrogen and oxygen atoms in total. The van der Waals surface area contributed by atoms with E-state index in [0.717, 1.165) is 47.6 Å². The van der Waals surface area contributed by atoms with Gasteiger partial charge in [0, 0.05) is 17.2 Å². The Morgan fingerprint density at radius 2 is 1.65 bits per heavy atom. The lowest BCUT2D eigenvalue weighted by molar-refractivity contribution is -0.146. The molecule has 0 radical (unpaired) electrons. The predicted molar refractivity (Wildman–Crippen MR) is 201 cm³/mol. The summed E-state index contributed by atoms with van der Waals surface area (Å²) in [5, 5.41) is 3.67. The van der Waals surface area contributed by atoms with Crippen LogP contribution in [0.3, 0.4) is 0 Å². The fourth-order valence-corrected chi connectivity index (χ4v) is 7.32. The molecular weight excluding hydrogens is 806 g/mol. The number of benzene rings is 2. The summed E-state index contributed by atoms with van der Waals surface area (Å²) in [6.07, 6.45) is 5.40. The summed E-state index contributed by atoms with van der Waals surface area (Å²) in [4.78, 5) is 45.9. The lowest BCUT2D eigenvalue weighted by Gasteiger charge is -2.18. The maximum absolute atomic E-state index is 14.5. The summed E-state index contributed by atoms with van der Waals surface area (Å²) in [6, 6.07) is 6.80. The van der Waals surface area contributed by atoms with Crippen molar-refractivity contribution in [3.8, 4) is 17.5 Å². The first-order valence-corrected chi connectivity index (χ1v) is 19.5. The average Bonchev–Trinajstić information content (AvgIpc) is 3.72. The highest BCUT2D eigenvalue weighted by molar-refractivity contribution is 7.92. The van der Waals surface area contributed by atoms with Crippen LogP contribution in [0.1, 0.15) is 57.4 Å². The molecule has 3 heterocycles. The number of hydrogen-bond donors (Lipinski definition) is 1. The number of hydrogen-bond acceptors (Lipinski definition) is 12. The number of carbonyl (C=O) groups excluding carboxylic acids is 3. The standard InChI is InChI=1S/C21H23ClFNO5.C14H13Cl2N5O4S/c1-2-3-6-9-28-19(25)12-29-18-11-17(16(23)10-15(18)22)24-20(26)13-7-4-5-8-14(13)21(24)27;1-7-4-5-8(15)12(11(7)16)20-26(22,23)14-18-13-17-9(24-2)6-10(25-3)21(13)19-14/h10-11H,2-9,12H2,1H3;4-6,20H,1-3H3. The monoisotopic (exact) mass is 840 g/mol. The van der Waals surface area contributed by atoms with Gasteiger partial charge in [0.05, 0.1) is 53.3 Å². The third-order valence-corrected chi connectivity index (χ3v) is 10.6. The van der Waals surface area contributed by atoms with Crippen molar-refractivity contribution in [3.63, 3.8) is 0 Å². The number of aromatic nitrogens is 4. The Labute approximate surface area is 330 Å². The molecule has 0 saturated heterocycles. The number of sulfonamides is 1. The number of aryl methyl sites for hydroxylation is 1. The van der Waals surface area contributed by atoms with E-state index >= 15 is 0 Å². The Morgan fingerprint density at radius 1 is 0.964 bits per heavy atom. The Balaban J connectivity index is 0.000000212. The van der Waals surface area contributed by atoms with Crippen LogP contribution in [0.15, 0.2) is 46.6 Å². The number of anilines is 2. The smallest absolute Gasteiger partial charge is 0.344 e. The number of rotatable bonds is 13. The van der Waals surface area contributed by atoms with Crippen molar-refractivity contribution < 1.29 is 46.1 Å². The highest BCUT2D eigenvalue weighted by Gasteiger charge is 2.41. The molecule has 0 unspecified atom stereocenters. The average molecular weight is 842 g/mol. The van der Waals surface area contributed by atoms with E-state index in [9.17, 15) is 27.2 Å². The van der Waals surface area contributed by atoms with Gasteiger partial charge in [-0.15, -0.1) is 5.10 Å². The predicted octanol–water partition coefficient (Wildman–Crippen LogP) is 6.89. The first-order chi connectivity index (χ1) is 26.2. The normalized spacial score (nSPS) is 14.1. The lowest BCUT2D eigenvalue weighted by Crippen LogP contribution is -2.32. The SMILES string of the molecule is CCCCCOC(=O)COc1cc(N2C(=O)C3=C(CCCC3)C2=O)c(F)cc1Cl.COc1cc(OC)n2nc(S(=O)(=O)Nc3c(Cl)ccc(C)c3Cl)nc2n1. The number of imide groups is 1. The van der Waals surface area contributed by atoms with E-state index in [1.54, 1.807) is 13.0 Å². The van der Waals surface area contributed by atoms with Gasteiger partial charge in [0.2, 0.25) is 11.8 Å². The second kappa shape index (κ2) is 17.8. The highest BCUT2D eigenvalue weighted by Crippen LogP contribution is 2.40. The maximum Gasteiger partial charge on any atom is 0.344 e. The van der Waals surface area contributed by atoms with E-state index in [2.05, 4.69) is 19.8 Å². The topological polar surface area (TPSA) is 181 Å². The van der Waals surface area contributed by atoms with Gasteiger partial charge >= 0.3 is 5.97 Å². The third kappa shape index (κ3) is 9.23. The second-order valence-electron chi connectivity index (χ2n) is 12.2. The molecular formula is C35H36Cl3FN6O9S. The number of unbranched alkanes of at least 4 members (excludes halogenated alkanes) is 2. The van der Waals surface area contributed by atoms with E-state index in [4.69, 9.17) is 53.8 Å². The largest absolute Gasteiger partial charge is 0.481 e. The van der Waals surface area contributed by atoms with E-state index in [1.807, 2.05) is 6.92 Å². The van der Waals surface area contributed by atoms with Crippen LogP contribution in [0.4, 0.5) is 15.8 Å². The van der Waals surface area contributed by atoms with Crippen LogP contribution in [-0.2, 0) is 29.1 Å². The molecule has 1 aliphatic carbocycles. The van der Waals surface area contributed by atoms with Gasteiger partial charge in [-0.05, 0) is 56.7 Å². The second-order valence-corrected chi connectivity index (χ2v) is 14.9. The van der Waals surface area contributed by atoms with Gasteiger partial charge in [-0.3, -0.25) is 14.3 Å². The summed E-state index contributed by atoms with van der Waals surface area (Å²) in [7, 11) is -1.37. The quantitative estimate of drug-likeness (QED) is 0.0838. The molecule has 0 saturated carbocycles. The summed E-state index contributed by atoms with van der Waals surface area (Å²) < 4.78 is 63.9. The van der Waals surface area contributed by atoms with Gasteiger partial charge in [-0.25, -0.2) is 14.1 Å². The number of nitrogens with zero attached hydrogens (tertiary/aromatic N) is 5. The van der Waals surface area contributed by atoms with Crippen LogP contribution < -0.4 is 23.8 Å². The van der Waals surface area contributed by atoms with Gasteiger partial charge in [0.25, 0.3) is 32.8 Å². The van der Waals surface area contributed by atoms with Gasteiger partial charge in [-0.1, -0.05) is 60.6 Å². The van der Waals surface area contributed by atoms with Crippen molar-refractivity contribution in [2.24, 2.45) is 0 Å². The summed E-state index contributed by atoms with van der Waals surface area (Å²) in [5.74, 6) is -2.02. The van der Waals surface area contributed by atoms with Crippen molar-refractivity contribution in [1.29, 1.82) is 0 Å². The molecule has 4 aromatic rings. The van der Waals surface area contributed by atoms with Crippen molar-refractivity contribution in [2.45, 2.75) is 63.9 Å². The lowest BCUT2D eigenvalue weighted by atomic mass is 9.93. The van der Waals surface area contributed by atoms with Crippen molar-refractivity contribution in [3.05, 3.63) is 67.9 Å². The number of halogens is 4. The minimum atomic E-state index is -4.18. The summed E-state index contributed by atoms with van der Waals surface area (Å²) in [6.45, 7) is 3.65. The molecule has 2 amide bonds. The van der Waals surface area contributed by atoms with Crippen molar-refractivity contribution >= 4 is 79.8 Å². The van der Waals surface area contributed by atoms with Crippen LogP contribution in [0.25, 0.3) is 5.78 Å². The molecule has 294 valence electrons. The number of methoxy groups -OCH3 is 2. The Kier molecular flexibility index (Phi) is 13.4. The zero-order valence-corrected chi connectivity index (χ0v) is 33.2. The minimum Gasteiger partial charge on any atom is -0.481 e. The van der Waals surface area contributed by atoms with Gasteiger partial charge < -0.3 is 18.9 Å². The molecule has 0 atom stereocenters. The fourth-order valence-electron chi connectivity index (χ4n) is 5.57. The van der Waals surface area contributed by atoms with Gasteiger partial charge in [-0.2, -0.15) is 22.9 Å². The van der Waals surface area contributed by atoms with E-state index in [-0.39, 0.29) is 49.7 Å². The first kappa shape index (κ1) is 41.5. The first-order valence-electron chi connectivity index (χ1n) is 16.9. The Bertz CT molecular complexity index is 2260. The van der Waals surface area contributed by atoms with Crippen LogP contribution in [0, 0.1) is 12.7 Å². The van der Waals surface area contributed by atoms with E-state index in [0.29, 0.717) is 36.2 Å². The highest BCUT2D eigenvalue weighted by atomic mass is 35.5. The van der Waals surface area contributed by atoms with E-state index < -0.39 is 45.4 Å². The molecule has 20 heteroatoms.